The summed E-state index contributed by atoms with van der Waals surface area (Å²) in [6.07, 6.45) is 1.04. The van der Waals surface area contributed by atoms with Crippen molar-refractivity contribution in [1.82, 2.24) is 0 Å². The molecule has 2 aromatic rings. The fourth-order valence-corrected chi connectivity index (χ4v) is 2.36. The molecule has 0 aromatic heterocycles. The van der Waals surface area contributed by atoms with Crippen molar-refractivity contribution in [2.75, 3.05) is 5.32 Å². The van der Waals surface area contributed by atoms with E-state index in [0.717, 1.165) is 22.4 Å². The summed E-state index contributed by atoms with van der Waals surface area (Å²) < 4.78 is 0. The quantitative estimate of drug-likeness (QED) is 0.825. The normalized spacial score (nSPS) is 10.5. The largest absolute Gasteiger partial charge is 0.326 e. The van der Waals surface area contributed by atoms with E-state index in [1.165, 1.54) is 0 Å². The Morgan fingerprint density at radius 2 is 1.81 bits per heavy atom. The molecule has 0 fully saturated rings. The summed E-state index contributed by atoms with van der Waals surface area (Å²) in [7, 11) is 0. The third-order valence-electron chi connectivity index (χ3n) is 3.29. The Morgan fingerprint density at radius 1 is 1.05 bits per heavy atom. The van der Waals surface area contributed by atoms with Gasteiger partial charge in [0.2, 0.25) is 5.91 Å². The zero-order valence-electron chi connectivity index (χ0n) is 12.0. The topological polar surface area (TPSA) is 29.1 Å². The lowest BCUT2D eigenvalue weighted by Crippen LogP contribution is -2.13. The molecule has 1 amide bonds. The second kappa shape index (κ2) is 6.97. The number of hydrogen-bond donors (Lipinski definition) is 1. The molecule has 0 aliphatic heterocycles. The van der Waals surface area contributed by atoms with E-state index in [2.05, 4.69) is 5.32 Å². The Balaban J connectivity index is 1.95. The van der Waals surface area contributed by atoms with Crippen molar-refractivity contribution in [3.05, 3.63) is 63.1 Å². The average Bonchev–Trinajstić information content (AvgIpc) is 2.44. The number of benzene rings is 2. The molecule has 0 heterocycles. The first-order valence-electron chi connectivity index (χ1n) is 6.77. The van der Waals surface area contributed by atoms with Crippen molar-refractivity contribution in [1.29, 1.82) is 0 Å². The zero-order valence-corrected chi connectivity index (χ0v) is 13.6. The summed E-state index contributed by atoms with van der Waals surface area (Å²) in [5, 5.41) is 3.99. The van der Waals surface area contributed by atoms with Gasteiger partial charge in [-0.1, -0.05) is 41.4 Å². The van der Waals surface area contributed by atoms with Crippen molar-refractivity contribution in [3.63, 3.8) is 0 Å². The van der Waals surface area contributed by atoms with E-state index >= 15 is 0 Å². The monoisotopic (exact) mass is 321 g/mol. The van der Waals surface area contributed by atoms with Crippen LogP contribution in [0.15, 0.2) is 36.4 Å². The Labute approximate surface area is 135 Å². The molecule has 0 saturated carbocycles. The lowest BCUT2D eigenvalue weighted by molar-refractivity contribution is -0.116. The van der Waals surface area contributed by atoms with Gasteiger partial charge in [-0.05, 0) is 55.2 Å². The molecule has 0 bridgehead atoms. The van der Waals surface area contributed by atoms with Crippen molar-refractivity contribution in [2.45, 2.75) is 26.7 Å². The van der Waals surface area contributed by atoms with Gasteiger partial charge in [-0.25, -0.2) is 0 Å². The van der Waals surface area contributed by atoms with Gasteiger partial charge < -0.3 is 5.32 Å². The fourth-order valence-electron chi connectivity index (χ4n) is 2.04. The molecule has 2 aromatic carbocycles. The van der Waals surface area contributed by atoms with E-state index in [9.17, 15) is 4.79 Å². The highest BCUT2D eigenvalue weighted by Gasteiger charge is 2.07. The van der Waals surface area contributed by atoms with Crippen LogP contribution in [0.2, 0.25) is 10.0 Å². The van der Waals surface area contributed by atoms with Crippen LogP contribution < -0.4 is 5.32 Å². The Bertz CT molecular complexity index is 668. The molecule has 2 nitrogen and oxygen atoms in total. The second-order valence-corrected chi connectivity index (χ2v) is 5.93. The maximum Gasteiger partial charge on any atom is 0.224 e. The number of aryl methyl sites for hydroxylation is 3. The number of hydrogen-bond acceptors (Lipinski definition) is 1. The van der Waals surface area contributed by atoms with E-state index in [1.54, 1.807) is 12.1 Å². The number of halogens is 2. The summed E-state index contributed by atoms with van der Waals surface area (Å²) in [6, 6.07) is 11.5. The summed E-state index contributed by atoms with van der Waals surface area (Å²) >= 11 is 11.8. The maximum atomic E-state index is 12.0. The summed E-state index contributed by atoms with van der Waals surface area (Å²) in [6.45, 7) is 3.98. The predicted octanol–water partition coefficient (Wildman–Crippen LogP) is 5.18. The first-order valence-corrected chi connectivity index (χ1v) is 7.52. The molecule has 1 N–H and O–H groups in total. The molecule has 0 saturated heterocycles. The van der Waals surface area contributed by atoms with Crippen LogP contribution >= 0.6 is 23.2 Å². The van der Waals surface area contributed by atoms with E-state index in [1.807, 2.05) is 38.1 Å². The van der Waals surface area contributed by atoms with Crippen molar-refractivity contribution in [3.8, 4) is 0 Å². The number of nitrogens with one attached hydrogen (secondary N) is 1. The van der Waals surface area contributed by atoms with Crippen molar-refractivity contribution >= 4 is 34.8 Å². The van der Waals surface area contributed by atoms with Gasteiger partial charge in [0.15, 0.2) is 0 Å². The van der Waals surface area contributed by atoms with Crippen LogP contribution in [0.1, 0.15) is 23.1 Å². The minimum absolute atomic E-state index is 0.00484. The number of anilines is 1. The predicted molar refractivity (Wildman–Crippen MR) is 89.3 cm³/mol. The van der Waals surface area contributed by atoms with Gasteiger partial charge in [0.25, 0.3) is 0 Å². The summed E-state index contributed by atoms with van der Waals surface area (Å²) in [5.41, 5.74) is 4.05. The van der Waals surface area contributed by atoms with Crippen molar-refractivity contribution in [2.24, 2.45) is 0 Å². The lowest BCUT2D eigenvalue weighted by Gasteiger charge is -2.09. The van der Waals surface area contributed by atoms with Gasteiger partial charge in [0.05, 0.1) is 10.0 Å². The van der Waals surface area contributed by atoms with Crippen LogP contribution in [0, 0.1) is 13.8 Å². The molecule has 0 unspecified atom stereocenters. The average molecular weight is 322 g/mol. The van der Waals surface area contributed by atoms with Crippen LogP contribution in [0.5, 0.6) is 0 Å². The Kier molecular flexibility index (Phi) is 5.27. The van der Waals surface area contributed by atoms with Crippen LogP contribution in [0.4, 0.5) is 5.69 Å². The highest BCUT2D eigenvalue weighted by molar-refractivity contribution is 6.42. The summed E-state index contributed by atoms with van der Waals surface area (Å²) in [4.78, 5) is 12.0. The van der Waals surface area contributed by atoms with Gasteiger partial charge in [-0.3, -0.25) is 4.79 Å². The van der Waals surface area contributed by atoms with Gasteiger partial charge in [-0.2, -0.15) is 0 Å². The standard InChI is InChI=1S/C17H17Cl2NO/c1-11-3-4-12(2)16(9-11)20-17(21)8-6-13-5-7-14(18)15(19)10-13/h3-5,7,9-10H,6,8H2,1-2H3,(H,20,21). The molecular weight excluding hydrogens is 305 g/mol. The molecule has 0 spiro atoms. The van der Waals surface area contributed by atoms with E-state index in [0.29, 0.717) is 22.9 Å². The Morgan fingerprint density at radius 3 is 2.52 bits per heavy atom. The van der Waals surface area contributed by atoms with Crippen LogP contribution in [0.3, 0.4) is 0 Å². The van der Waals surface area contributed by atoms with Crippen molar-refractivity contribution < 1.29 is 4.79 Å². The van der Waals surface area contributed by atoms with Crippen LogP contribution in [0.25, 0.3) is 0 Å². The van der Waals surface area contributed by atoms with Gasteiger partial charge in [0.1, 0.15) is 0 Å². The third-order valence-corrected chi connectivity index (χ3v) is 4.03. The molecule has 2 rings (SSSR count). The SMILES string of the molecule is Cc1ccc(C)c(NC(=O)CCc2ccc(Cl)c(Cl)c2)c1. The molecule has 4 heteroatoms. The van der Waals surface area contributed by atoms with Crippen LogP contribution in [-0.2, 0) is 11.2 Å². The second-order valence-electron chi connectivity index (χ2n) is 5.12. The molecule has 21 heavy (non-hydrogen) atoms. The first-order chi connectivity index (χ1) is 9.95. The zero-order chi connectivity index (χ0) is 15.4. The number of amides is 1. The van der Waals surface area contributed by atoms with E-state index < -0.39 is 0 Å². The summed E-state index contributed by atoms with van der Waals surface area (Å²) in [5.74, 6) is -0.00484. The molecular formula is C17H17Cl2NO. The minimum atomic E-state index is -0.00484. The molecule has 0 atom stereocenters. The fraction of sp³-hybridized carbons (Fsp3) is 0.235. The number of carbonyl (C=O) groups excluding carboxylic acids is 1. The number of rotatable bonds is 4. The molecule has 0 aliphatic rings. The maximum absolute atomic E-state index is 12.0. The molecule has 110 valence electrons. The lowest BCUT2D eigenvalue weighted by atomic mass is 10.1. The van der Waals surface area contributed by atoms with Gasteiger partial charge >= 0.3 is 0 Å². The van der Waals surface area contributed by atoms with E-state index in [-0.39, 0.29) is 5.91 Å². The molecule has 0 radical (unpaired) electrons. The van der Waals surface area contributed by atoms with Gasteiger partial charge in [-0.15, -0.1) is 0 Å². The number of carbonyl (C=O) groups is 1. The Hall–Kier alpha value is -1.51. The van der Waals surface area contributed by atoms with E-state index in [4.69, 9.17) is 23.2 Å². The highest BCUT2D eigenvalue weighted by atomic mass is 35.5. The third kappa shape index (κ3) is 4.48. The smallest absolute Gasteiger partial charge is 0.224 e. The first kappa shape index (κ1) is 15.9. The molecule has 0 aliphatic carbocycles. The van der Waals surface area contributed by atoms with Crippen LogP contribution in [-0.4, -0.2) is 5.91 Å². The van der Waals surface area contributed by atoms with Gasteiger partial charge in [0, 0.05) is 12.1 Å². The minimum Gasteiger partial charge on any atom is -0.326 e. The highest BCUT2D eigenvalue weighted by Crippen LogP contribution is 2.23.